The summed E-state index contributed by atoms with van der Waals surface area (Å²) in [5, 5.41) is 19.9. The van der Waals surface area contributed by atoms with Gasteiger partial charge in [0, 0.05) is 37.8 Å². The predicted octanol–water partition coefficient (Wildman–Crippen LogP) is 3.32. The summed E-state index contributed by atoms with van der Waals surface area (Å²) in [6, 6.07) is 15.6. The second-order valence-electron chi connectivity index (χ2n) is 11.9. The largest absolute Gasteiger partial charge is 0.396 e. The summed E-state index contributed by atoms with van der Waals surface area (Å²) < 4.78 is 30.6. The van der Waals surface area contributed by atoms with Crippen LogP contribution in [0, 0.1) is 6.92 Å². The Hall–Kier alpha value is -4.10. The third-order valence-electron chi connectivity index (χ3n) is 8.36. The first-order valence-corrected chi connectivity index (χ1v) is 16.0. The number of nitrogens with zero attached hydrogens (tertiary/aromatic N) is 6. The standard InChI is InChI=1S/C32H36N6O5S/c1-21-5-11-24(12-6-21)44(42,43)37-15-13-25-30(37)33-19-26-29(22-7-9-23(10-8-22)32(2,3)41)34-31(38(25)26)27-20-36(17-16-35(27)4)28(40)14-18-39/h5-13,15,19,27,39,41H,14,16-18,20H2,1-4H3/t27-/m1/s1. The number of fused-ring (bicyclic) bond motifs is 3. The number of rotatable bonds is 7. The molecule has 1 atom stereocenters. The Balaban J connectivity index is 1.55. The van der Waals surface area contributed by atoms with Crippen LogP contribution in [0.15, 0.2) is 71.9 Å². The fourth-order valence-corrected chi connectivity index (χ4v) is 7.06. The Morgan fingerprint density at radius 3 is 2.39 bits per heavy atom. The van der Waals surface area contributed by atoms with Crippen LogP contribution in [0.4, 0.5) is 0 Å². The zero-order valence-corrected chi connectivity index (χ0v) is 26.0. The summed E-state index contributed by atoms with van der Waals surface area (Å²) in [6.45, 7) is 6.62. The first-order valence-electron chi connectivity index (χ1n) is 14.5. The maximum absolute atomic E-state index is 13.7. The van der Waals surface area contributed by atoms with Gasteiger partial charge in [0.05, 0.1) is 46.1 Å². The number of imidazole rings is 1. The van der Waals surface area contributed by atoms with Crippen molar-refractivity contribution in [1.29, 1.82) is 0 Å². The van der Waals surface area contributed by atoms with E-state index < -0.39 is 15.6 Å². The topological polar surface area (TPSA) is 133 Å². The van der Waals surface area contributed by atoms with Crippen LogP contribution < -0.4 is 0 Å². The average Bonchev–Trinajstić information content (AvgIpc) is 3.60. The number of likely N-dealkylation sites (N-methyl/N-ethyl adjacent to an activating group) is 1. The highest BCUT2D eigenvalue weighted by molar-refractivity contribution is 7.90. The molecule has 11 nitrogen and oxygen atoms in total. The summed E-state index contributed by atoms with van der Waals surface area (Å²) >= 11 is 0. The van der Waals surface area contributed by atoms with Gasteiger partial charge >= 0.3 is 0 Å². The van der Waals surface area contributed by atoms with Gasteiger partial charge in [-0.15, -0.1) is 0 Å². The summed E-state index contributed by atoms with van der Waals surface area (Å²) in [6.07, 6.45) is 3.19. The van der Waals surface area contributed by atoms with Gasteiger partial charge in [0.2, 0.25) is 5.91 Å². The number of carbonyl (C=O) groups excluding carboxylic acids is 1. The van der Waals surface area contributed by atoms with Gasteiger partial charge in [-0.1, -0.05) is 42.0 Å². The van der Waals surface area contributed by atoms with Crippen molar-refractivity contribution in [3.63, 3.8) is 0 Å². The number of hydrogen-bond donors (Lipinski definition) is 2. The molecule has 0 radical (unpaired) electrons. The second kappa shape index (κ2) is 11.1. The molecule has 0 spiro atoms. The minimum atomic E-state index is -3.94. The van der Waals surface area contributed by atoms with Crippen molar-refractivity contribution in [1.82, 2.24) is 28.1 Å². The molecule has 1 amide bonds. The van der Waals surface area contributed by atoms with Crippen molar-refractivity contribution in [2.45, 2.75) is 43.7 Å². The molecule has 2 aromatic carbocycles. The van der Waals surface area contributed by atoms with E-state index >= 15 is 0 Å². The lowest BCUT2D eigenvalue weighted by atomic mass is 9.97. The van der Waals surface area contributed by atoms with E-state index in [0.29, 0.717) is 42.2 Å². The fourth-order valence-electron chi connectivity index (χ4n) is 5.76. The molecule has 6 rings (SSSR count). The summed E-state index contributed by atoms with van der Waals surface area (Å²) in [5.41, 5.74) is 3.67. The number of amides is 1. The number of aryl methyl sites for hydroxylation is 1. The molecule has 1 saturated heterocycles. The number of aliphatic hydroxyl groups excluding tert-OH is 1. The Bertz CT molecular complexity index is 1960. The smallest absolute Gasteiger partial charge is 0.269 e. The van der Waals surface area contributed by atoms with E-state index in [1.807, 2.05) is 42.6 Å². The number of carbonyl (C=O) groups is 1. The number of aromatic nitrogens is 4. The molecular weight excluding hydrogens is 580 g/mol. The monoisotopic (exact) mass is 616 g/mol. The second-order valence-corrected chi connectivity index (χ2v) is 13.7. The van der Waals surface area contributed by atoms with Crippen LogP contribution in [0.25, 0.3) is 27.9 Å². The van der Waals surface area contributed by atoms with Gasteiger partial charge in [0.25, 0.3) is 10.0 Å². The van der Waals surface area contributed by atoms with E-state index in [2.05, 4.69) is 9.88 Å². The van der Waals surface area contributed by atoms with Gasteiger partial charge < -0.3 is 15.1 Å². The lowest BCUT2D eigenvalue weighted by Gasteiger charge is -2.38. The van der Waals surface area contributed by atoms with Crippen molar-refractivity contribution >= 4 is 32.6 Å². The van der Waals surface area contributed by atoms with Crippen molar-refractivity contribution in [3.8, 4) is 11.3 Å². The van der Waals surface area contributed by atoms with E-state index in [1.165, 1.54) is 10.2 Å². The molecule has 4 heterocycles. The molecule has 0 bridgehead atoms. The summed E-state index contributed by atoms with van der Waals surface area (Å²) in [7, 11) is -1.96. The van der Waals surface area contributed by atoms with Gasteiger partial charge in [0.1, 0.15) is 5.82 Å². The summed E-state index contributed by atoms with van der Waals surface area (Å²) in [5.74, 6) is 0.513. The maximum Gasteiger partial charge on any atom is 0.269 e. The Labute approximate surface area is 256 Å². The molecule has 0 aliphatic carbocycles. The molecule has 5 aromatic rings. The van der Waals surface area contributed by atoms with E-state index in [9.17, 15) is 23.4 Å². The van der Waals surface area contributed by atoms with Crippen LogP contribution in [0.5, 0.6) is 0 Å². The van der Waals surface area contributed by atoms with Gasteiger partial charge in [-0.05, 0) is 51.6 Å². The molecule has 1 fully saturated rings. The SMILES string of the molecule is Cc1ccc(S(=O)(=O)n2ccc3c2ncc2c(-c4ccc(C(C)(C)O)cc4)nc([C@H]4CN(C(=O)CCO)CCN4C)n23)cc1. The van der Waals surface area contributed by atoms with Crippen LogP contribution >= 0.6 is 0 Å². The molecule has 44 heavy (non-hydrogen) atoms. The van der Waals surface area contributed by atoms with Crippen LogP contribution in [-0.2, 0) is 20.4 Å². The van der Waals surface area contributed by atoms with Crippen molar-refractivity contribution in [3.05, 3.63) is 83.9 Å². The number of benzene rings is 2. The highest BCUT2D eigenvalue weighted by atomic mass is 32.2. The Kier molecular flexibility index (Phi) is 7.57. The van der Waals surface area contributed by atoms with Crippen LogP contribution in [0.2, 0.25) is 0 Å². The Morgan fingerprint density at radius 2 is 1.73 bits per heavy atom. The molecule has 1 aliphatic rings. The molecule has 1 aliphatic heterocycles. The van der Waals surface area contributed by atoms with E-state index in [-0.39, 0.29) is 35.5 Å². The zero-order chi connectivity index (χ0) is 31.4. The number of aliphatic hydroxyl groups is 2. The van der Waals surface area contributed by atoms with Crippen LogP contribution in [0.1, 0.15) is 43.3 Å². The molecule has 0 unspecified atom stereocenters. The van der Waals surface area contributed by atoms with Crippen molar-refractivity contribution < 1.29 is 23.4 Å². The summed E-state index contributed by atoms with van der Waals surface area (Å²) in [4.78, 5) is 26.6. The molecule has 2 N–H and O–H groups in total. The maximum atomic E-state index is 13.7. The first-order chi connectivity index (χ1) is 20.9. The third-order valence-corrected chi connectivity index (χ3v) is 10.0. The molecule has 230 valence electrons. The number of hydrogen-bond acceptors (Lipinski definition) is 8. The van der Waals surface area contributed by atoms with Gasteiger partial charge in [-0.2, -0.15) is 0 Å². The lowest BCUT2D eigenvalue weighted by molar-refractivity contribution is -0.134. The van der Waals surface area contributed by atoms with Crippen LogP contribution in [0.3, 0.4) is 0 Å². The van der Waals surface area contributed by atoms with Gasteiger partial charge in [0.15, 0.2) is 5.65 Å². The van der Waals surface area contributed by atoms with Crippen molar-refractivity contribution in [2.75, 3.05) is 33.3 Å². The predicted molar refractivity (Wildman–Crippen MR) is 167 cm³/mol. The number of piperazine rings is 1. The molecule has 0 saturated carbocycles. The van der Waals surface area contributed by atoms with E-state index in [4.69, 9.17) is 4.98 Å². The third kappa shape index (κ3) is 5.17. The highest BCUT2D eigenvalue weighted by Crippen LogP contribution is 2.35. The minimum absolute atomic E-state index is 0.0471. The first kappa shape index (κ1) is 29.9. The fraction of sp³-hybridized carbons (Fsp3) is 0.344. The highest BCUT2D eigenvalue weighted by Gasteiger charge is 2.33. The molecular formula is C32H36N6O5S. The zero-order valence-electron chi connectivity index (χ0n) is 25.2. The quantitative estimate of drug-likeness (QED) is 0.285. The van der Waals surface area contributed by atoms with Crippen molar-refractivity contribution in [2.24, 2.45) is 0 Å². The van der Waals surface area contributed by atoms with Crippen LogP contribution in [-0.4, -0.2) is 86.0 Å². The van der Waals surface area contributed by atoms with Gasteiger partial charge in [-0.25, -0.2) is 22.4 Å². The minimum Gasteiger partial charge on any atom is -0.396 e. The van der Waals surface area contributed by atoms with Gasteiger partial charge in [-0.3, -0.25) is 14.1 Å². The van der Waals surface area contributed by atoms with E-state index in [1.54, 1.807) is 55.3 Å². The Morgan fingerprint density at radius 1 is 1.02 bits per heavy atom. The molecule has 12 heteroatoms. The average molecular weight is 617 g/mol. The molecule has 3 aromatic heterocycles. The normalized spacial score (nSPS) is 16.7. The van der Waals surface area contributed by atoms with E-state index in [0.717, 1.165) is 16.7 Å². The lowest BCUT2D eigenvalue weighted by Crippen LogP contribution is -2.49.